The second-order valence-corrected chi connectivity index (χ2v) is 3.69. The Morgan fingerprint density at radius 2 is 2.00 bits per heavy atom. The van der Waals surface area contributed by atoms with Crippen LogP contribution in [0.4, 0.5) is 0 Å². The van der Waals surface area contributed by atoms with Gasteiger partial charge in [-0.3, -0.25) is 4.79 Å². The van der Waals surface area contributed by atoms with Crippen LogP contribution < -0.4 is 0 Å². The van der Waals surface area contributed by atoms with Crippen LogP contribution in [0.15, 0.2) is 0 Å². The molecule has 2 nitrogen and oxygen atoms in total. The number of nitrogens with zero attached hydrogens (tertiary/aromatic N) is 1. The van der Waals surface area contributed by atoms with Crippen LogP contribution in [0.1, 0.15) is 45.4 Å². The molecule has 0 aromatic carbocycles. The van der Waals surface area contributed by atoms with Crippen LogP contribution in [0.3, 0.4) is 0 Å². The van der Waals surface area contributed by atoms with Crippen LogP contribution in [0, 0.1) is 0 Å². The number of carbonyl (C=O) groups excluding carboxylic acids is 1. The molecule has 1 aliphatic carbocycles. The van der Waals surface area contributed by atoms with Crippen LogP contribution in [-0.2, 0) is 4.79 Å². The second-order valence-electron chi connectivity index (χ2n) is 3.69. The summed E-state index contributed by atoms with van der Waals surface area (Å²) in [7, 11) is 1.95. The van der Waals surface area contributed by atoms with Crippen molar-refractivity contribution in [2.75, 3.05) is 7.05 Å². The Morgan fingerprint density at radius 3 is 2.50 bits per heavy atom. The van der Waals surface area contributed by atoms with Gasteiger partial charge in [-0.1, -0.05) is 19.8 Å². The number of amides is 1. The third-order valence-electron chi connectivity index (χ3n) is 2.73. The van der Waals surface area contributed by atoms with Crippen LogP contribution >= 0.6 is 0 Å². The van der Waals surface area contributed by atoms with Crippen molar-refractivity contribution >= 4 is 5.91 Å². The topological polar surface area (TPSA) is 20.3 Å². The minimum Gasteiger partial charge on any atom is -0.343 e. The summed E-state index contributed by atoms with van der Waals surface area (Å²) < 4.78 is 0. The lowest BCUT2D eigenvalue weighted by Crippen LogP contribution is -2.34. The average molecular weight is 169 g/mol. The van der Waals surface area contributed by atoms with Crippen LogP contribution in [0.2, 0.25) is 0 Å². The normalized spacial score (nSPS) is 18.2. The van der Waals surface area contributed by atoms with Gasteiger partial charge in [-0.05, 0) is 19.3 Å². The summed E-state index contributed by atoms with van der Waals surface area (Å²) in [4.78, 5) is 13.4. The largest absolute Gasteiger partial charge is 0.343 e. The third-order valence-corrected chi connectivity index (χ3v) is 2.73. The van der Waals surface area contributed by atoms with E-state index in [0.717, 1.165) is 6.42 Å². The number of rotatable bonds is 3. The van der Waals surface area contributed by atoms with Gasteiger partial charge in [-0.25, -0.2) is 0 Å². The molecule has 70 valence electrons. The van der Waals surface area contributed by atoms with E-state index < -0.39 is 0 Å². The number of carbonyl (C=O) groups is 1. The zero-order valence-corrected chi connectivity index (χ0v) is 8.18. The number of hydrogen-bond donors (Lipinski definition) is 0. The van der Waals surface area contributed by atoms with Gasteiger partial charge in [-0.2, -0.15) is 0 Å². The van der Waals surface area contributed by atoms with Crippen LogP contribution in [-0.4, -0.2) is 23.9 Å². The minimum atomic E-state index is 0.324. The average Bonchev–Trinajstić information content (AvgIpc) is 2.55. The van der Waals surface area contributed by atoms with E-state index >= 15 is 0 Å². The van der Waals surface area contributed by atoms with Gasteiger partial charge in [0.15, 0.2) is 0 Å². The molecule has 0 bridgehead atoms. The van der Waals surface area contributed by atoms with Gasteiger partial charge in [0.25, 0.3) is 0 Å². The van der Waals surface area contributed by atoms with E-state index in [9.17, 15) is 4.79 Å². The third kappa shape index (κ3) is 2.23. The highest BCUT2D eigenvalue weighted by Crippen LogP contribution is 2.22. The smallest absolute Gasteiger partial charge is 0.222 e. The molecule has 0 spiro atoms. The van der Waals surface area contributed by atoms with E-state index in [1.54, 1.807) is 0 Å². The van der Waals surface area contributed by atoms with Crippen molar-refractivity contribution in [1.29, 1.82) is 0 Å². The quantitative estimate of drug-likeness (QED) is 0.634. The van der Waals surface area contributed by atoms with Crippen molar-refractivity contribution in [3.63, 3.8) is 0 Å². The summed E-state index contributed by atoms with van der Waals surface area (Å²) in [5.74, 6) is 0.324. The first-order valence-corrected chi connectivity index (χ1v) is 5.01. The molecule has 2 heteroatoms. The van der Waals surface area contributed by atoms with Crippen LogP contribution in [0.25, 0.3) is 0 Å². The highest BCUT2D eigenvalue weighted by Gasteiger charge is 2.22. The van der Waals surface area contributed by atoms with E-state index in [1.165, 1.54) is 25.7 Å². The van der Waals surface area contributed by atoms with E-state index in [1.807, 2.05) is 11.9 Å². The minimum absolute atomic E-state index is 0.324. The fourth-order valence-electron chi connectivity index (χ4n) is 1.89. The molecule has 1 aliphatic rings. The molecule has 0 aromatic rings. The highest BCUT2D eigenvalue weighted by molar-refractivity contribution is 5.76. The molecule has 0 atom stereocenters. The van der Waals surface area contributed by atoms with Crippen molar-refractivity contribution in [3.05, 3.63) is 0 Å². The first-order valence-electron chi connectivity index (χ1n) is 5.01. The van der Waals surface area contributed by atoms with E-state index in [0.29, 0.717) is 18.4 Å². The molecule has 1 rings (SSSR count). The summed E-state index contributed by atoms with van der Waals surface area (Å²) in [6.45, 7) is 2.06. The molecular weight excluding hydrogens is 150 g/mol. The summed E-state index contributed by atoms with van der Waals surface area (Å²) in [6.07, 6.45) is 6.71. The van der Waals surface area contributed by atoms with Crippen molar-refractivity contribution in [2.24, 2.45) is 0 Å². The van der Waals surface area contributed by atoms with Crippen molar-refractivity contribution in [2.45, 2.75) is 51.5 Å². The number of hydrogen-bond acceptors (Lipinski definition) is 1. The van der Waals surface area contributed by atoms with Gasteiger partial charge in [0.05, 0.1) is 0 Å². The predicted octanol–water partition coefficient (Wildman–Crippen LogP) is 2.19. The van der Waals surface area contributed by atoms with Gasteiger partial charge in [0.2, 0.25) is 5.91 Å². The maximum Gasteiger partial charge on any atom is 0.222 e. The lowest BCUT2D eigenvalue weighted by molar-refractivity contribution is -0.131. The molecule has 0 heterocycles. The molecule has 0 N–H and O–H groups in total. The molecule has 0 radical (unpaired) electrons. The van der Waals surface area contributed by atoms with Gasteiger partial charge in [0.1, 0.15) is 0 Å². The van der Waals surface area contributed by atoms with Gasteiger partial charge in [-0.15, -0.1) is 0 Å². The molecule has 0 aromatic heterocycles. The lowest BCUT2D eigenvalue weighted by Gasteiger charge is -2.24. The Hall–Kier alpha value is -0.530. The maximum atomic E-state index is 11.5. The fraction of sp³-hybridized carbons (Fsp3) is 0.900. The molecule has 0 aliphatic heterocycles. The Balaban J connectivity index is 2.34. The summed E-state index contributed by atoms with van der Waals surface area (Å²) in [6, 6.07) is 0.545. The Kier molecular flexibility index (Phi) is 3.57. The molecule has 12 heavy (non-hydrogen) atoms. The Labute approximate surface area is 74.9 Å². The van der Waals surface area contributed by atoms with Crippen molar-refractivity contribution in [3.8, 4) is 0 Å². The molecule has 1 saturated carbocycles. The highest BCUT2D eigenvalue weighted by atomic mass is 16.2. The predicted molar refractivity (Wildman–Crippen MR) is 49.9 cm³/mol. The SMILES string of the molecule is CCCC(=O)N(C)C1CCCC1. The van der Waals surface area contributed by atoms with Crippen molar-refractivity contribution < 1.29 is 4.79 Å². The molecular formula is C10H19NO. The zero-order chi connectivity index (χ0) is 8.97. The fourth-order valence-corrected chi connectivity index (χ4v) is 1.89. The van der Waals surface area contributed by atoms with Crippen LogP contribution in [0.5, 0.6) is 0 Å². The summed E-state index contributed by atoms with van der Waals surface area (Å²) >= 11 is 0. The second kappa shape index (κ2) is 4.48. The monoisotopic (exact) mass is 169 g/mol. The van der Waals surface area contributed by atoms with Gasteiger partial charge in [0, 0.05) is 19.5 Å². The lowest BCUT2D eigenvalue weighted by atomic mass is 10.2. The summed E-state index contributed by atoms with van der Waals surface area (Å²) in [5, 5.41) is 0. The van der Waals surface area contributed by atoms with E-state index in [4.69, 9.17) is 0 Å². The van der Waals surface area contributed by atoms with Crippen molar-refractivity contribution in [1.82, 2.24) is 4.90 Å². The molecule has 1 fully saturated rings. The van der Waals surface area contributed by atoms with E-state index in [-0.39, 0.29) is 0 Å². The Morgan fingerprint density at radius 1 is 1.42 bits per heavy atom. The first kappa shape index (κ1) is 9.56. The first-order chi connectivity index (χ1) is 5.75. The van der Waals surface area contributed by atoms with Gasteiger partial charge >= 0.3 is 0 Å². The van der Waals surface area contributed by atoms with E-state index in [2.05, 4.69) is 6.92 Å². The standard InChI is InChI=1S/C10H19NO/c1-3-6-10(12)11(2)9-7-4-5-8-9/h9H,3-8H2,1-2H3. The molecule has 0 unspecified atom stereocenters. The zero-order valence-electron chi connectivity index (χ0n) is 8.18. The maximum absolute atomic E-state index is 11.5. The molecule has 0 saturated heterocycles. The van der Waals surface area contributed by atoms with Gasteiger partial charge < -0.3 is 4.90 Å². The Bertz CT molecular complexity index is 150. The molecule has 1 amide bonds. The summed E-state index contributed by atoms with van der Waals surface area (Å²) in [5.41, 5.74) is 0.